The molecule has 1 fully saturated rings. The van der Waals surface area contributed by atoms with Crippen LogP contribution in [0.2, 0.25) is 5.02 Å². The van der Waals surface area contributed by atoms with Gasteiger partial charge in [0.2, 0.25) is 5.91 Å². The van der Waals surface area contributed by atoms with E-state index in [0.29, 0.717) is 11.6 Å². The summed E-state index contributed by atoms with van der Waals surface area (Å²) in [5.74, 6) is 0.0271. The highest BCUT2D eigenvalue weighted by Crippen LogP contribution is 2.13. The van der Waals surface area contributed by atoms with Crippen LogP contribution in [-0.2, 0) is 4.79 Å². The van der Waals surface area contributed by atoms with Gasteiger partial charge in [0, 0.05) is 23.8 Å². The van der Waals surface area contributed by atoms with Gasteiger partial charge in [0.05, 0.1) is 6.54 Å². The second-order valence-electron chi connectivity index (χ2n) is 4.43. The highest BCUT2D eigenvalue weighted by Gasteiger charge is 2.12. The molecule has 0 bridgehead atoms. The average molecular weight is 304 g/mol. The van der Waals surface area contributed by atoms with Gasteiger partial charge in [0.1, 0.15) is 0 Å². The Morgan fingerprint density at radius 1 is 1.26 bits per heavy atom. The van der Waals surface area contributed by atoms with Crippen LogP contribution in [0.3, 0.4) is 0 Å². The smallest absolute Gasteiger partial charge is 0.238 e. The largest absolute Gasteiger partial charge is 0.325 e. The van der Waals surface area contributed by atoms with Crippen molar-refractivity contribution in [3.63, 3.8) is 0 Å². The molecule has 1 saturated heterocycles. The van der Waals surface area contributed by atoms with Crippen molar-refractivity contribution in [2.75, 3.05) is 38.0 Å². The molecule has 2 N–H and O–H groups in total. The highest BCUT2D eigenvalue weighted by molar-refractivity contribution is 6.30. The Hall–Kier alpha value is -0.810. The van der Waals surface area contributed by atoms with Crippen LogP contribution in [0.25, 0.3) is 0 Å². The first-order chi connectivity index (χ1) is 8.74. The van der Waals surface area contributed by atoms with Gasteiger partial charge in [0.25, 0.3) is 0 Å². The van der Waals surface area contributed by atoms with Crippen LogP contribution in [-0.4, -0.2) is 43.5 Å². The van der Waals surface area contributed by atoms with Crippen molar-refractivity contribution in [3.8, 4) is 0 Å². The van der Waals surface area contributed by atoms with Crippen LogP contribution in [0.5, 0.6) is 0 Å². The molecule has 0 saturated carbocycles. The molecule has 6 heteroatoms. The SMILES string of the molecule is Cl.O=C(CN1CCCNCC1)Nc1ccc(Cl)cc1. The van der Waals surface area contributed by atoms with E-state index >= 15 is 0 Å². The summed E-state index contributed by atoms with van der Waals surface area (Å²) in [7, 11) is 0. The second kappa shape index (κ2) is 8.38. The van der Waals surface area contributed by atoms with Gasteiger partial charge < -0.3 is 10.6 Å². The van der Waals surface area contributed by atoms with Crippen LogP contribution in [0.15, 0.2) is 24.3 Å². The van der Waals surface area contributed by atoms with E-state index in [-0.39, 0.29) is 18.3 Å². The predicted molar refractivity (Wildman–Crippen MR) is 81.3 cm³/mol. The van der Waals surface area contributed by atoms with Gasteiger partial charge in [-0.05, 0) is 43.8 Å². The summed E-state index contributed by atoms with van der Waals surface area (Å²) in [4.78, 5) is 14.0. The zero-order valence-corrected chi connectivity index (χ0v) is 12.3. The molecule has 0 aliphatic carbocycles. The quantitative estimate of drug-likeness (QED) is 0.898. The molecule has 2 rings (SSSR count). The van der Waals surface area contributed by atoms with Crippen molar-refractivity contribution in [1.29, 1.82) is 0 Å². The summed E-state index contributed by atoms with van der Waals surface area (Å²) >= 11 is 5.79. The van der Waals surface area contributed by atoms with Crippen LogP contribution in [0, 0.1) is 0 Å². The van der Waals surface area contributed by atoms with E-state index in [1.165, 1.54) is 0 Å². The topological polar surface area (TPSA) is 44.4 Å². The van der Waals surface area contributed by atoms with Crippen molar-refractivity contribution in [1.82, 2.24) is 10.2 Å². The van der Waals surface area contributed by atoms with Gasteiger partial charge in [-0.15, -0.1) is 12.4 Å². The molecule has 4 nitrogen and oxygen atoms in total. The molecular weight excluding hydrogens is 285 g/mol. The van der Waals surface area contributed by atoms with Gasteiger partial charge >= 0.3 is 0 Å². The maximum Gasteiger partial charge on any atom is 0.238 e. The van der Waals surface area contributed by atoms with Gasteiger partial charge in [-0.25, -0.2) is 0 Å². The van der Waals surface area contributed by atoms with Crippen LogP contribution in [0.4, 0.5) is 5.69 Å². The van der Waals surface area contributed by atoms with Crippen LogP contribution >= 0.6 is 24.0 Å². The van der Waals surface area contributed by atoms with Crippen LogP contribution < -0.4 is 10.6 Å². The predicted octanol–water partition coefficient (Wildman–Crippen LogP) is 2.00. The number of hydrogen-bond acceptors (Lipinski definition) is 3. The van der Waals surface area contributed by atoms with E-state index in [4.69, 9.17) is 11.6 Å². The molecule has 1 aromatic carbocycles. The summed E-state index contributed by atoms with van der Waals surface area (Å²) in [6.07, 6.45) is 1.09. The zero-order chi connectivity index (χ0) is 12.8. The third kappa shape index (κ3) is 5.78. The number of halogens is 2. The molecule has 0 atom stereocenters. The summed E-state index contributed by atoms with van der Waals surface area (Å²) in [6, 6.07) is 7.16. The molecule has 1 aromatic rings. The number of benzene rings is 1. The lowest BCUT2D eigenvalue weighted by Gasteiger charge is -2.18. The molecule has 1 heterocycles. The van der Waals surface area contributed by atoms with Crippen molar-refractivity contribution < 1.29 is 4.79 Å². The number of rotatable bonds is 3. The van der Waals surface area contributed by atoms with Crippen molar-refractivity contribution in [2.24, 2.45) is 0 Å². The Morgan fingerprint density at radius 2 is 2.00 bits per heavy atom. The summed E-state index contributed by atoms with van der Waals surface area (Å²) in [6.45, 7) is 4.34. The van der Waals surface area contributed by atoms with Gasteiger partial charge in [-0.1, -0.05) is 11.6 Å². The molecule has 1 amide bonds. The summed E-state index contributed by atoms with van der Waals surface area (Å²) < 4.78 is 0. The summed E-state index contributed by atoms with van der Waals surface area (Å²) in [5.41, 5.74) is 0.789. The van der Waals surface area contributed by atoms with E-state index in [1.807, 2.05) is 12.1 Å². The van der Waals surface area contributed by atoms with Crippen molar-refractivity contribution in [3.05, 3.63) is 29.3 Å². The third-order valence-electron chi connectivity index (χ3n) is 2.93. The lowest BCUT2D eigenvalue weighted by atomic mass is 10.3. The number of hydrogen-bond donors (Lipinski definition) is 2. The Bertz CT molecular complexity index is 389. The normalized spacial score (nSPS) is 16.3. The fourth-order valence-electron chi connectivity index (χ4n) is 2.00. The highest BCUT2D eigenvalue weighted by atomic mass is 35.5. The molecule has 0 spiro atoms. The van der Waals surface area contributed by atoms with Gasteiger partial charge in [-0.3, -0.25) is 9.69 Å². The molecule has 1 aliphatic rings. The number of nitrogens with one attached hydrogen (secondary N) is 2. The van der Waals surface area contributed by atoms with E-state index in [2.05, 4.69) is 15.5 Å². The minimum Gasteiger partial charge on any atom is -0.325 e. The van der Waals surface area contributed by atoms with Gasteiger partial charge in [0.15, 0.2) is 0 Å². The fraction of sp³-hybridized carbons (Fsp3) is 0.462. The fourth-order valence-corrected chi connectivity index (χ4v) is 2.12. The molecule has 0 radical (unpaired) electrons. The molecule has 106 valence electrons. The lowest BCUT2D eigenvalue weighted by molar-refractivity contribution is -0.117. The van der Waals surface area contributed by atoms with E-state index < -0.39 is 0 Å². The maximum atomic E-state index is 11.9. The minimum atomic E-state index is 0. The number of carbonyl (C=O) groups is 1. The van der Waals surface area contributed by atoms with E-state index in [9.17, 15) is 4.79 Å². The molecule has 0 unspecified atom stereocenters. The third-order valence-corrected chi connectivity index (χ3v) is 3.18. The first kappa shape index (κ1) is 16.2. The second-order valence-corrected chi connectivity index (χ2v) is 4.87. The van der Waals surface area contributed by atoms with E-state index in [0.717, 1.165) is 38.3 Å². The molecule has 19 heavy (non-hydrogen) atoms. The number of anilines is 1. The summed E-state index contributed by atoms with van der Waals surface area (Å²) in [5, 5.41) is 6.87. The lowest BCUT2D eigenvalue weighted by Crippen LogP contribution is -2.35. The first-order valence-electron chi connectivity index (χ1n) is 6.22. The minimum absolute atomic E-state index is 0. The zero-order valence-electron chi connectivity index (χ0n) is 10.7. The number of carbonyl (C=O) groups excluding carboxylic acids is 1. The number of amides is 1. The maximum absolute atomic E-state index is 11.9. The average Bonchev–Trinajstić information content (AvgIpc) is 2.61. The first-order valence-corrected chi connectivity index (χ1v) is 6.60. The Kier molecular flexibility index (Phi) is 7.16. The number of nitrogens with zero attached hydrogens (tertiary/aromatic N) is 1. The van der Waals surface area contributed by atoms with E-state index in [1.54, 1.807) is 12.1 Å². The Balaban J connectivity index is 0.00000180. The molecule has 0 aromatic heterocycles. The van der Waals surface area contributed by atoms with Crippen molar-refractivity contribution in [2.45, 2.75) is 6.42 Å². The monoisotopic (exact) mass is 303 g/mol. The Labute approximate surface area is 124 Å². The molecular formula is C13H19Cl2N3O. The Morgan fingerprint density at radius 3 is 2.74 bits per heavy atom. The molecule has 1 aliphatic heterocycles. The van der Waals surface area contributed by atoms with Gasteiger partial charge in [-0.2, -0.15) is 0 Å². The van der Waals surface area contributed by atoms with Crippen LogP contribution in [0.1, 0.15) is 6.42 Å². The standard InChI is InChI=1S/C13H18ClN3O.ClH/c14-11-2-4-12(5-3-11)16-13(18)10-17-8-1-6-15-7-9-17;/h2-5,15H,1,6-10H2,(H,16,18);1H. The van der Waals surface area contributed by atoms with Crippen molar-refractivity contribution >= 4 is 35.6 Å².